The fraction of sp³-hybridized carbons (Fsp3) is 0.143. The van der Waals surface area contributed by atoms with E-state index in [4.69, 9.17) is 8.83 Å². The summed E-state index contributed by atoms with van der Waals surface area (Å²) in [4.78, 5) is 0. The average Bonchev–Trinajstić information content (AvgIpc) is 4.01. The van der Waals surface area contributed by atoms with Crippen molar-refractivity contribution >= 4 is 97.2 Å². The van der Waals surface area contributed by atoms with E-state index in [0.717, 1.165) is 82.9 Å². The standard InChI is InChI=1S/C56H43NO2S/c1-55(2,3)32-27-43(40-20-13-18-38-35-15-7-10-22-47(35)58-53(38)40)51-45(29-32)46-30-33(56(4,5)6)28-44(41-21-14-19-39-36-16-8-11-23-48(36)59-54(39)41)52(46)57(51)34-25-26-50-42(31-34)37-17-9-12-24-49(37)60-50/h7-31H,1-6H3. The Balaban J connectivity index is 1.32. The molecule has 8 aromatic carbocycles. The van der Waals surface area contributed by atoms with Gasteiger partial charge in [0.1, 0.15) is 22.3 Å². The van der Waals surface area contributed by atoms with Gasteiger partial charge in [0.2, 0.25) is 0 Å². The molecule has 60 heavy (non-hydrogen) atoms. The highest BCUT2D eigenvalue weighted by atomic mass is 32.1. The minimum Gasteiger partial charge on any atom is -0.455 e. The van der Waals surface area contributed by atoms with Crippen molar-refractivity contribution in [1.29, 1.82) is 0 Å². The Kier molecular flexibility index (Phi) is 7.33. The maximum Gasteiger partial charge on any atom is 0.143 e. The normalized spacial score (nSPS) is 12.8. The molecule has 3 nitrogen and oxygen atoms in total. The van der Waals surface area contributed by atoms with E-state index in [0.29, 0.717) is 0 Å². The molecule has 0 N–H and O–H groups in total. The molecule has 4 heteroatoms. The first-order valence-corrected chi connectivity index (χ1v) is 21.7. The number of para-hydroxylation sites is 4. The topological polar surface area (TPSA) is 31.2 Å². The first-order chi connectivity index (χ1) is 29.0. The van der Waals surface area contributed by atoms with E-state index in [2.05, 4.69) is 198 Å². The summed E-state index contributed by atoms with van der Waals surface area (Å²) in [5.41, 5.74) is 13.8. The van der Waals surface area contributed by atoms with E-state index >= 15 is 0 Å². The number of fused-ring (bicyclic) bond motifs is 12. The highest BCUT2D eigenvalue weighted by molar-refractivity contribution is 7.25. The molecule has 0 aliphatic rings. The quantitative estimate of drug-likeness (QED) is 0.178. The smallest absolute Gasteiger partial charge is 0.143 e. The maximum atomic E-state index is 6.84. The number of furan rings is 2. The zero-order chi connectivity index (χ0) is 40.7. The van der Waals surface area contributed by atoms with E-state index in [1.54, 1.807) is 0 Å². The Morgan fingerprint density at radius 3 is 1.38 bits per heavy atom. The number of hydrogen-bond acceptors (Lipinski definition) is 3. The van der Waals surface area contributed by atoms with Gasteiger partial charge in [0, 0.05) is 80.4 Å². The number of benzene rings is 8. The van der Waals surface area contributed by atoms with Gasteiger partial charge in [0.25, 0.3) is 0 Å². The molecule has 0 saturated heterocycles. The van der Waals surface area contributed by atoms with Crippen molar-refractivity contribution in [2.24, 2.45) is 0 Å². The first kappa shape index (κ1) is 35.3. The molecule has 290 valence electrons. The summed E-state index contributed by atoms with van der Waals surface area (Å²) in [5, 5.41) is 9.50. The lowest BCUT2D eigenvalue weighted by Gasteiger charge is -2.22. The van der Waals surface area contributed by atoms with Crippen LogP contribution in [0.15, 0.2) is 160 Å². The molecular formula is C56H43NO2S. The summed E-state index contributed by atoms with van der Waals surface area (Å²) in [7, 11) is 0. The van der Waals surface area contributed by atoms with Crippen LogP contribution < -0.4 is 0 Å². The van der Waals surface area contributed by atoms with Gasteiger partial charge in [-0.3, -0.25) is 0 Å². The second-order valence-corrected chi connectivity index (χ2v) is 19.6. The number of nitrogens with zero attached hydrogens (tertiary/aromatic N) is 1. The fourth-order valence-electron chi connectivity index (χ4n) is 9.58. The van der Waals surface area contributed by atoms with Crippen LogP contribution in [-0.2, 0) is 10.8 Å². The first-order valence-electron chi connectivity index (χ1n) is 20.9. The third-order valence-electron chi connectivity index (χ3n) is 12.7. The van der Waals surface area contributed by atoms with Crippen LogP contribution in [0.5, 0.6) is 0 Å². The highest BCUT2D eigenvalue weighted by Crippen LogP contribution is 2.49. The Hall–Kier alpha value is -6.62. The lowest BCUT2D eigenvalue weighted by atomic mass is 9.82. The number of hydrogen-bond donors (Lipinski definition) is 0. The summed E-state index contributed by atoms with van der Waals surface area (Å²) in [6.45, 7) is 13.9. The molecular weight excluding hydrogens is 751 g/mol. The van der Waals surface area contributed by atoms with Crippen molar-refractivity contribution in [2.75, 3.05) is 0 Å². The molecule has 0 fully saturated rings. The van der Waals surface area contributed by atoms with Crippen LogP contribution in [0.4, 0.5) is 0 Å². The van der Waals surface area contributed by atoms with Gasteiger partial charge in [0.05, 0.1) is 11.0 Å². The highest BCUT2D eigenvalue weighted by Gasteiger charge is 2.29. The van der Waals surface area contributed by atoms with Crippen molar-refractivity contribution in [3.63, 3.8) is 0 Å². The van der Waals surface area contributed by atoms with E-state index < -0.39 is 0 Å². The van der Waals surface area contributed by atoms with Crippen LogP contribution >= 0.6 is 11.3 Å². The molecule has 0 atom stereocenters. The molecule has 0 amide bonds. The third kappa shape index (κ3) is 5.13. The zero-order valence-corrected chi connectivity index (χ0v) is 35.4. The second-order valence-electron chi connectivity index (χ2n) is 18.5. The number of rotatable bonds is 3. The molecule has 4 aromatic heterocycles. The van der Waals surface area contributed by atoms with E-state index in [1.165, 1.54) is 42.1 Å². The van der Waals surface area contributed by atoms with E-state index in [9.17, 15) is 0 Å². The molecule has 0 aliphatic carbocycles. The third-order valence-corrected chi connectivity index (χ3v) is 13.8. The average molecular weight is 794 g/mol. The van der Waals surface area contributed by atoms with Crippen LogP contribution in [0.3, 0.4) is 0 Å². The zero-order valence-electron chi connectivity index (χ0n) is 34.6. The van der Waals surface area contributed by atoms with Gasteiger partial charge in [-0.05, 0) is 82.6 Å². The summed E-state index contributed by atoms with van der Waals surface area (Å²) < 4.78 is 18.8. The predicted molar refractivity (Wildman–Crippen MR) is 256 cm³/mol. The summed E-state index contributed by atoms with van der Waals surface area (Å²) >= 11 is 1.86. The van der Waals surface area contributed by atoms with Crippen molar-refractivity contribution in [3.05, 3.63) is 163 Å². The minimum absolute atomic E-state index is 0.127. The summed E-state index contributed by atoms with van der Waals surface area (Å²) in [5.74, 6) is 0. The molecule has 12 rings (SSSR count). The van der Waals surface area contributed by atoms with E-state index in [1.807, 2.05) is 11.3 Å². The van der Waals surface area contributed by atoms with Gasteiger partial charge >= 0.3 is 0 Å². The van der Waals surface area contributed by atoms with Crippen LogP contribution in [0.2, 0.25) is 0 Å². The largest absolute Gasteiger partial charge is 0.455 e. The van der Waals surface area contributed by atoms with Crippen LogP contribution in [0.25, 0.3) is 114 Å². The van der Waals surface area contributed by atoms with Crippen LogP contribution in [0.1, 0.15) is 52.7 Å². The van der Waals surface area contributed by atoms with Crippen molar-refractivity contribution < 1.29 is 8.83 Å². The molecule has 0 bridgehead atoms. The minimum atomic E-state index is -0.127. The van der Waals surface area contributed by atoms with Gasteiger partial charge in [-0.2, -0.15) is 0 Å². The van der Waals surface area contributed by atoms with Crippen molar-refractivity contribution in [3.8, 4) is 27.9 Å². The number of aromatic nitrogens is 1. The van der Waals surface area contributed by atoms with Gasteiger partial charge in [0.15, 0.2) is 0 Å². The van der Waals surface area contributed by atoms with Crippen molar-refractivity contribution in [1.82, 2.24) is 4.57 Å². The fourth-order valence-corrected chi connectivity index (χ4v) is 10.7. The Morgan fingerprint density at radius 1 is 0.383 bits per heavy atom. The van der Waals surface area contributed by atoms with Gasteiger partial charge in [-0.15, -0.1) is 11.3 Å². The Bertz CT molecular complexity index is 3550. The molecule has 0 radical (unpaired) electrons. The van der Waals surface area contributed by atoms with Gasteiger partial charge in [-0.1, -0.05) is 133 Å². The summed E-state index contributed by atoms with van der Waals surface area (Å²) in [6.07, 6.45) is 0. The Labute approximate surface area is 352 Å². The number of thiophene rings is 1. The molecule has 0 saturated carbocycles. The van der Waals surface area contributed by atoms with E-state index in [-0.39, 0.29) is 10.8 Å². The van der Waals surface area contributed by atoms with Gasteiger partial charge in [-0.25, -0.2) is 0 Å². The molecule has 0 aliphatic heterocycles. The summed E-state index contributed by atoms with van der Waals surface area (Å²) in [6, 6.07) is 55.7. The van der Waals surface area contributed by atoms with Crippen molar-refractivity contribution in [2.45, 2.75) is 52.4 Å². The van der Waals surface area contributed by atoms with Crippen LogP contribution in [-0.4, -0.2) is 4.57 Å². The lowest BCUT2D eigenvalue weighted by molar-refractivity contribution is 0.590. The molecule has 4 heterocycles. The lowest BCUT2D eigenvalue weighted by Crippen LogP contribution is -2.11. The Morgan fingerprint density at radius 2 is 0.850 bits per heavy atom. The van der Waals surface area contributed by atoms with Gasteiger partial charge < -0.3 is 13.4 Å². The monoisotopic (exact) mass is 793 g/mol. The SMILES string of the molecule is CC(C)(C)c1cc(-c2cccc3c2oc2ccccc23)c2c(c1)c1cc(C(C)(C)C)cc(-c3cccc4c3oc3ccccc34)c1n2-c1ccc2sc3ccccc3c2c1. The molecule has 0 spiro atoms. The van der Waals surface area contributed by atoms with Crippen LogP contribution in [0, 0.1) is 0 Å². The molecule has 12 aromatic rings. The predicted octanol–water partition coefficient (Wildman–Crippen LogP) is 16.9. The maximum absolute atomic E-state index is 6.84. The molecule has 0 unspecified atom stereocenters. The second kappa shape index (κ2) is 12.5.